The van der Waals surface area contributed by atoms with Crippen LogP contribution in [0.1, 0.15) is 30.6 Å². The maximum Gasteiger partial charge on any atom is 0.337 e. The topological polar surface area (TPSA) is 41.6 Å². The van der Waals surface area contributed by atoms with E-state index in [-0.39, 0.29) is 11.5 Å². The monoisotopic (exact) mass is 262 g/mol. The zero-order valence-corrected chi connectivity index (χ0v) is 11.9. The number of methoxy groups -OCH3 is 1. The molecule has 4 nitrogen and oxygen atoms in total. The van der Waals surface area contributed by atoms with Crippen LogP contribution >= 0.6 is 0 Å². The van der Waals surface area contributed by atoms with E-state index in [1.54, 1.807) is 0 Å². The van der Waals surface area contributed by atoms with Crippen LogP contribution in [0.15, 0.2) is 24.3 Å². The van der Waals surface area contributed by atoms with Crippen LogP contribution in [0.4, 0.5) is 5.69 Å². The van der Waals surface area contributed by atoms with Crippen molar-refractivity contribution in [3.05, 3.63) is 29.8 Å². The van der Waals surface area contributed by atoms with Crippen molar-refractivity contribution in [3.63, 3.8) is 0 Å². The summed E-state index contributed by atoms with van der Waals surface area (Å²) in [5, 5.41) is 3.54. The summed E-state index contributed by atoms with van der Waals surface area (Å²) in [6.45, 7) is 7.48. The number of carbonyl (C=O) groups is 1. The molecule has 0 radical (unpaired) electrons. The largest absolute Gasteiger partial charge is 0.465 e. The number of hydrogen-bond donors (Lipinski definition) is 1. The molecule has 1 saturated heterocycles. The fourth-order valence-corrected chi connectivity index (χ4v) is 2.46. The van der Waals surface area contributed by atoms with Crippen molar-refractivity contribution < 1.29 is 9.53 Å². The molecule has 0 atom stereocenters. The third-order valence-corrected chi connectivity index (χ3v) is 3.45. The first-order chi connectivity index (χ1) is 9.02. The van der Waals surface area contributed by atoms with Gasteiger partial charge in [-0.2, -0.15) is 0 Å². The second-order valence-corrected chi connectivity index (χ2v) is 5.62. The summed E-state index contributed by atoms with van der Waals surface area (Å²) >= 11 is 0. The van der Waals surface area contributed by atoms with Crippen LogP contribution in [0.2, 0.25) is 0 Å². The molecule has 1 aromatic carbocycles. The quantitative estimate of drug-likeness (QED) is 0.828. The predicted octanol–water partition coefficient (Wildman–Crippen LogP) is 2.05. The average molecular weight is 262 g/mol. The fourth-order valence-electron chi connectivity index (χ4n) is 2.46. The molecular weight excluding hydrogens is 240 g/mol. The summed E-state index contributed by atoms with van der Waals surface area (Å²) in [7, 11) is 1.40. The Morgan fingerprint density at radius 1 is 1.32 bits per heavy atom. The number of anilines is 1. The Hall–Kier alpha value is -1.55. The van der Waals surface area contributed by atoms with Gasteiger partial charge in [-0.15, -0.1) is 0 Å². The molecule has 1 aliphatic rings. The van der Waals surface area contributed by atoms with Gasteiger partial charge in [0.1, 0.15) is 0 Å². The lowest BCUT2D eigenvalue weighted by Gasteiger charge is -2.31. The van der Waals surface area contributed by atoms with Gasteiger partial charge in [-0.05, 0) is 51.1 Å². The van der Waals surface area contributed by atoms with Crippen LogP contribution in [0.5, 0.6) is 0 Å². The summed E-state index contributed by atoms with van der Waals surface area (Å²) < 4.78 is 4.71. The van der Waals surface area contributed by atoms with Gasteiger partial charge in [0.15, 0.2) is 0 Å². The molecule has 19 heavy (non-hydrogen) atoms. The SMILES string of the molecule is COC(=O)c1ccc(N2CCCNC(C)(C)C2)cc1. The second kappa shape index (κ2) is 5.61. The molecule has 4 heteroatoms. The molecule has 0 bridgehead atoms. The fraction of sp³-hybridized carbons (Fsp3) is 0.533. The number of hydrogen-bond acceptors (Lipinski definition) is 4. The van der Waals surface area contributed by atoms with Crippen LogP contribution in [0.25, 0.3) is 0 Å². The Kier molecular flexibility index (Phi) is 4.10. The number of rotatable bonds is 2. The highest BCUT2D eigenvalue weighted by Crippen LogP contribution is 2.20. The van der Waals surface area contributed by atoms with Crippen molar-refractivity contribution in [1.82, 2.24) is 5.32 Å². The Labute approximate surface area is 114 Å². The molecule has 0 unspecified atom stereocenters. The average Bonchev–Trinajstić information content (AvgIpc) is 2.59. The third-order valence-electron chi connectivity index (χ3n) is 3.45. The lowest BCUT2D eigenvalue weighted by molar-refractivity contribution is 0.0601. The van der Waals surface area contributed by atoms with Crippen LogP contribution < -0.4 is 10.2 Å². The summed E-state index contributed by atoms with van der Waals surface area (Å²) in [6.07, 6.45) is 1.13. The molecule has 1 aliphatic heterocycles. The Balaban J connectivity index is 2.14. The van der Waals surface area contributed by atoms with Crippen molar-refractivity contribution >= 4 is 11.7 Å². The zero-order valence-electron chi connectivity index (χ0n) is 11.9. The molecular formula is C15H22N2O2. The van der Waals surface area contributed by atoms with Crippen LogP contribution in [0.3, 0.4) is 0 Å². The number of nitrogens with zero attached hydrogens (tertiary/aromatic N) is 1. The Morgan fingerprint density at radius 3 is 2.63 bits per heavy atom. The minimum atomic E-state index is -0.288. The van der Waals surface area contributed by atoms with E-state index in [2.05, 4.69) is 24.1 Å². The van der Waals surface area contributed by atoms with E-state index in [0.717, 1.165) is 31.7 Å². The standard InChI is InChI=1S/C15H22N2O2/c1-15(2)11-17(10-4-9-16-15)13-7-5-12(6-8-13)14(18)19-3/h5-8,16H,4,9-11H2,1-3H3. The summed E-state index contributed by atoms with van der Waals surface area (Å²) in [6, 6.07) is 7.64. The van der Waals surface area contributed by atoms with Crippen molar-refractivity contribution in [3.8, 4) is 0 Å². The molecule has 0 amide bonds. The van der Waals surface area contributed by atoms with Crippen LogP contribution in [-0.4, -0.2) is 38.3 Å². The zero-order chi connectivity index (χ0) is 13.9. The lowest BCUT2D eigenvalue weighted by atomic mass is 10.1. The van der Waals surface area contributed by atoms with E-state index >= 15 is 0 Å². The van der Waals surface area contributed by atoms with Gasteiger partial charge in [0, 0.05) is 24.3 Å². The van der Waals surface area contributed by atoms with E-state index in [9.17, 15) is 4.79 Å². The molecule has 2 rings (SSSR count). The van der Waals surface area contributed by atoms with E-state index in [4.69, 9.17) is 4.74 Å². The number of nitrogens with one attached hydrogen (secondary N) is 1. The van der Waals surface area contributed by atoms with Gasteiger partial charge in [0.2, 0.25) is 0 Å². The molecule has 0 spiro atoms. The minimum absolute atomic E-state index is 0.109. The molecule has 1 aromatic rings. The predicted molar refractivity (Wildman–Crippen MR) is 76.7 cm³/mol. The van der Waals surface area contributed by atoms with Gasteiger partial charge in [0.05, 0.1) is 12.7 Å². The summed E-state index contributed by atoms with van der Waals surface area (Å²) in [5.41, 5.74) is 1.86. The van der Waals surface area contributed by atoms with E-state index < -0.39 is 0 Å². The molecule has 0 saturated carbocycles. The molecule has 0 aromatic heterocycles. The van der Waals surface area contributed by atoms with Crippen molar-refractivity contribution in [2.75, 3.05) is 31.6 Å². The number of esters is 1. The second-order valence-electron chi connectivity index (χ2n) is 5.62. The summed E-state index contributed by atoms with van der Waals surface area (Å²) in [5.74, 6) is -0.288. The first-order valence-corrected chi connectivity index (χ1v) is 6.70. The van der Waals surface area contributed by atoms with Crippen LogP contribution in [-0.2, 0) is 4.74 Å². The highest BCUT2D eigenvalue weighted by molar-refractivity contribution is 5.89. The van der Waals surface area contributed by atoms with Gasteiger partial charge in [-0.1, -0.05) is 0 Å². The third kappa shape index (κ3) is 3.47. The number of ether oxygens (including phenoxy) is 1. The van der Waals surface area contributed by atoms with Gasteiger partial charge in [0.25, 0.3) is 0 Å². The van der Waals surface area contributed by atoms with Gasteiger partial charge in [-0.25, -0.2) is 4.79 Å². The van der Waals surface area contributed by atoms with E-state index in [1.165, 1.54) is 7.11 Å². The smallest absolute Gasteiger partial charge is 0.337 e. The molecule has 0 aliphatic carbocycles. The maximum absolute atomic E-state index is 11.4. The molecule has 104 valence electrons. The van der Waals surface area contributed by atoms with E-state index in [0.29, 0.717) is 5.56 Å². The number of carbonyl (C=O) groups excluding carboxylic acids is 1. The van der Waals surface area contributed by atoms with Crippen molar-refractivity contribution in [1.29, 1.82) is 0 Å². The van der Waals surface area contributed by atoms with Crippen molar-refractivity contribution in [2.45, 2.75) is 25.8 Å². The Morgan fingerprint density at radius 2 is 2.00 bits per heavy atom. The first-order valence-electron chi connectivity index (χ1n) is 6.70. The normalized spacial score (nSPS) is 18.8. The molecule has 1 fully saturated rings. The highest BCUT2D eigenvalue weighted by atomic mass is 16.5. The Bertz CT molecular complexity index is 440. The molecule has 1 heterocycles. The van der Waals surface area contributed by atoms with Gasteiger partial charge >= 0.3 is 5.97 Å². The summed E-state index contributed by atoms with van der Waals surface area (Å²) in [4.78, 5) is 13.8. The lowest BCUT2D eigenvalue weighted by Crippen LogP contribution is -2.46. The van der Waals surface area contributed by atoms with Crippen LogP contribution in [0, 0.1) is 0 Å². The van der Waals surface area contributed by atoms with Gasteiger partial charge in [-0.3, -0.25) is 0 Å². The van der Waals surface area contributed by atoms with Crippen molar-refractivity contribution in [2.24, 2.45) is 0 Å². The molecule has 1 N–H and O–H groups in total. The minimum Gasteiger partial charge on any atom is -0.465 e. The highest BCUT2D eigenvalue weighted by Gasteiger charge is 2.24. The first kappa shape index (κ1) is 13.9. The number of benzene rings is 1. The van der Waals surface area contributed by atoms with Gasteiger partial charge < -0.3 is 15.0 Å². The van der Waals surface area contributed by atoms with E-state index in [1.807, 2.05) is 24.3 Å². The maximum atomic E-state index is 11.4.